The standard InChI is InChI=1S/C26H42N2O11S2/c29-12-19-23(35)24(36)25(37)26(39-19)38-13-18(31)22(34)21(33)17(30)11-27-14-4-3-5-15(10-14)28-20(32)7-2-1-6-16-8-9-40-41-16/h3-5,10,16-19,21-27,29-31,33-37H,1-2,6-9,11-13H2,(H,28,32)/t16?,17-,18+,19+,21+,22+,23+,24-,25-,26-/m0/s1. The average Bonchev–Trinajstić information content (AvgIpc) is 3.49. The van der Waals surface area contributed by atoms with Crippen LogP contribution in [0.4, 0.5) is 11.4 Å². The molecule has 0 spiro atoms. The monoisotopic (exact) mass is 622 g/mol. The van der Waals surface area contributed by atoms with Gasteiger partial charge in [-0.1, -0.05) is 34.1 Å². The molecule has 15 heteroatoms. The Balaban J connectivity index is 1.38. The van der Waals surface area contributed by atoms with Crippen LogP contribution in [0.5, 0.6) is 0 Å². The van der Waals surface area contributed by atoms with Gasteiger partial charge in [0.15, 0.2) is 6.29 Å². The maximum atomic E-state index is 12.3. The zero-order valence-corrected chi connectivity index (χ0v) is 24.2. The third-order valence-corrected chi connectivity index (χ3v) is 9.99. The van der Waals surface area contributed by atoms with Gasteiger partial charge in [0.1, 0.15) is 42.7 Å². The number of aliphatic hydroxyl groups excluding tert-OH is 8. The van der Waals surface area contributed by atoms with Gasteiger partial charge >= 0.3 is 0 Å². The lowest BCUT2D eigenvalue weighted by Crippen LogP contribution is -2.59. The van der Waals surface area contributed by atoms with E-state index in [0.29, 0.717) is 23.0 Å². The smallest absolute Gasteiger partial charge is 0.224 e. The summed E-state index contributed by atoms with van der Waals surface area (Å²) in [6.07, 6.45) is -9.98. The van der Waals surface area contributed by atoms with Crippen LogP contribution < -0.4 is 10.6 Å². The van der Waals surface area contributed by atoms with Gasteiger partial charge in [0.05, 0.1) is 19.3 Å². The number of unbranched alkanes of at least 4 members (excludes halogenated alkanes) is 1. The van der Waals surface area contributed by atoms with Crippen molar-refractivity contribution in [3.8, 4) is 0 Å². The molecule has 234 valence electrons. The highest BCUT2D eigenvalue weighted by molar-refractivity contribution is 8.77. The lowest BCUT2D eigenvalue weighted by atomic mass is 9.99. The van der Waals surface area contributed by atoms with Crippen molar-refractivity contribution in [3.05, 3.63) is 24.3 Å². The van der Waals surface area contributed by atoms with Crippen LogP contribution in [0.15, 0.2) is 24.3 Å². The van der Waals surface area contributed by atoms with E-state index < -0.39 is 68.3 Å². The van der Waals surface area contributed by atoms with E-state index in [9.17, 15) is 45.6 Å². The fraction of sp³-hybridized carbons (Fsp3) is 0.731. The molecule has 41 heavy (non-hydrogen) atoms. The van der Waals surface area contributed by atoms with Crippen molar-refractivity contribution in [2.24, 2.45) is 0 Å². The van der Waals surface area contributed by atoms with Gasteiger partial charge in [-0.15, -0.1) is 0 Å². The SMILES string of the molecule is O=C(CCCCC1CCSS1)Nc1cccc(NC[C@H](O)[C@@H](O)[C@H](O)[C@H](O)CO[C@H]2O[C@H](CO)[C@@H](O)[C@H](O)[C@@H]2O)c1. The number of hydrogen-bond acceptors (Lipinski definition) is 14. The summed E-state index contributed by atoms with van der Waals surface area (Å²) in [5.74, 6) is 1.11. The first-order valence-electron chi connectivity index (χ1n) is 13.7. The number of aliphatic hydroxyl groups is 8. The summed E-state index contributed by atoms with van der Waals surface area (Å²) in [6, 6.07) is 6.82. The molecule has 2 fully saturated rings. The Morgan fingerprint density at radius 1 is 1.02 bits per heavy atom. The normalized spacial score (nSPS) is 29.5. The Morgan fingerprint density at radius 2 is 1.76 bits per heavy atom. The molecule has 2 aliphatic rings. The highest BCUT2D eigenvalue weighted by Gasteiger charge is 2.44. The molecule has 3 rings (SSSR count). The number of ether oxygens (including phenoxy) is 2. The largest absolute Gasteiger partial charge is 0.394 e. The van der Waals surface area contributed by atoms with Gasteiger partial charge in [0, 0.05) is 35.3 Å². The van der Waals surface area contributed by atoms with Crippen LogP contribution in [0.25, 0.3) is 0 Å². The second-order valence-electron chi connectivity index (χ2n) is 10.2. The molecule has 2 aliphatic heterocycles. The minimum absolute atomic E-state index is 0.0888. The molecular formula is C26H42N2O11S2. The third-order valence-electron chi connectivity index (χ3n) is 6.99. The Kier molecular flexibility index (Phi) is 14.4. The van der Waals surface area contributed by atoms with E-state index in [4.69, 9.17) is 9.47 Å². The van der Waals surface area contributed by atoms with Crippen molar-refractivity contribution in [2.45, 2.75) is 92.5 Å². The minimum Gasteiger partial charge on any atom is -0.394 e. The molecular weight excluding hydrogens is 580 g/mol. The Bertz CT molecular complexity index is 927. The van der Waals surface area contributed by atoms with E-state index in [0.717, 1.165) is 19.3 Å². The summed E-state index contributed by atoms with van der Waals surface area (Å²) in [5.41, 5.74) is 1.12. The Morgan fingerprint density at radius 3 is 2.46 bits per heavy atom. The lowest BCUT2D eigenvalue weighted by molar-refractivity contribution is -0.306. The van der Waals surface area contributed by atoms with Crippen molar-refractivity contribution >= 4 is 38.9 Å². The number of carbonyl (C=O) groups is 1. The van der Waals surface area contributed by atoms with E-state index in [1.807, 2.05) is 21.6 Å². The van der Waals surface area contributed by atoms with Crippen molar-refractivity contribution < 1.29 is 55.1 Å². The van der Waals surface area contributed by atoms with Crippen LogP contribution >= 0.6 is 21.6 Å². The van der Waals surface area contributed by atoms with Crippen molar-refractivity contribution in [1.29, 1.82) is 0 Å². The number of hydrogen-bond donors (Lipinski definition) is 10. The zero-order valence-electron chi connectivity index (χ0n) is 22.6. The predicted molar refractivity (Wildman–Crippen MR) is 154 cm³/mol. The molecule has 0 bridgehead atoms. The van der Waals surface area contributed by atoms with Gasteiger partial charge in [-0.05, 0) is 37.5 Å². The molecule has 1 aromatic carbocycles. The summed E-state index contributed by atoms with van der Waals surface area (Å²) in [7, 11) is 3.84. The van der Waals surface area contributed by atoms with Crippen LogP contribution in [0.2, 0.25) is 0 Å². The minimum atomic E-state index is -1.85. The summed E-state index contributed by atoms with van der Waals surface area (Å²) in [4.78, 5) is 12.3. The van der Waals surface area contributed by atoms with Crippen LogP contribution in [-0.2, 0) is 14.3 Å². The number of carbonyl (C=O) groups excluding carboxylic acids is 1. The molecule has 10 atom stereocenters. The first-order valence-corrected chi connectivity index (χ1v) is 16.0. The molecule has 1 unspecified atom stereocenters. The molecule has 0 saturated carbocycles. The topological polar surface area (TPSA) is 221 Å². The van der Waals surface area contributed by atoms with Crippen LogP contribution in [0.1, 0.15) is 32.1 Å². The number of rotatable bonds is 16. The highest BCUT2D eigenvalue weighted by Crippen LogP contribution is 2.39. The molecule has 1 amide bonds. The van der Waals surface area contributed by atoms with Gasteiger partial charge in [-0.2, -0.15) is 0 Å². The molecule has 0 aromatic heterocycles. The number of benzene rings is 1. The van der Waals surface area contributed by atoms with Crippen molar-refractivity contribution in [1.82, 2.24) is 0 Å². The van der Waals surface area contributed by atoms with Gasteiger partial charge in [0.2, 0.25) is 5.91 Å². The molecule has 10 N–H and O–H groups in total. The van der Waals surface area contributed by atoms with Crippen LogP contribution in [0.3, 0.4) is 0 Å². The summed E-state index contributed by atoms with van der Waals surface area (Å²) >= 11 is 0. The second-order valence-corrected chi connectivity index (χ2v) is 13.0. The molecule has 1 aromatic rings. The second kappa shape index (κ2) is 17.2. The number of nitrogens with one attached hydrogen (secondary N) is 2. The first kappa shape index (κ1) is 34.3. The van der Waals surface area contributed by atoms with Gasteiger partial charge < -0.3 is 61.0 Å². The van der Waals surface area contributed by atoms with Gasteiger partial charge in [-0.3, -0.25) is 4.79 Å². The Hall–Kier alpha value is -1.21. The van der Waals surface area contributed by atoms with Gasteiger partial charge in [-0.25, -0.2) is 0 Å². The molecule has 2 heterocycles. The van der Waals surface area contributed by atoms with Crippen molar-refractivity contribution in [3.63, 3.8) is 0 Å². The molecule has 0 aliphatic carbocycles. The molecule has 2 saturated heterocycles. The zero-order chi connectivity index (χ0) is 29.9. The van der Waals surface area contributed by atoms with E-state index in [-0.39, 0.29) is 12.5 Å². The lowest BCUT2D eigenvalue weighted by Gasteiger charge is -2.40. The average molecular weight is 623 g/mol. The van der Waals surface area contributed by atoms with E-state index in [1.165, 1.54) is 12.2 Å². The predicted octanol–water partition coefficient (Wildman–Crippen LogP) is -0.989. The highest BCUT2D eigenvalue weighted by atomic mass is 33.1. The van der Waals surface area contributed by atoms with E-state index in [1.54, 1.807) is 24.3 Å². The molecule has 0 radical (unpaired) electrons. The summed E-state index contributed by atoms with van der Waals surface area (Å²) in [5, 5.41) is 86.5. The van der Waals surface area contributed by atoms with Crippen LogP contribution in [-0.4, -0.2) is 133 Å². The maximum absolute atomic E-state index is 12.3. The number of anilines is 2. The van der Waals surface area contributed by atoms with Gasteiger partial charge in [0.25, 0.3) is 0 Å². The molecule has 13 nitrogen and oxygen atoms in total. The fourth-order valence-electron chi connectivity index (χ4n) is 4.45. The third kappa shape index (κ3) is 10.5. The first-order chi connectivity index (χ1) is 19.6. The van der Waals surface area contributed by atoms with Crippen molar-refractivity contribution in [2.75, 3.05) is 36.1 Å². The van der Waals surface area contributed by atoms with E-state index >= 15 is 0 Å². The van der Waals surface area contributed by atoms with E-state index in [2.05, 4.69) is 10.6 Å². The Labute approximate surface area is 246 Å². The quantitative estimate of drug-likeness (QED) is 0.0790. The summed E-state index contributed by atoms with van der Waals surface area (Å²) in [6.45, 7) is -1.53. The maximum Gasteiger partial charge on any atom is 0.224 e. The summed E-state index contributed by atoms with van der Waals surface area (Å²) < 4.78 is 10.3. The van der Waals surface area contributed by atoms with Crippen LogP contribution in [0, 0.1) is 0 Å². The number of amides is 1. The fourth-order valence-corrected chi connectivity index (χ4v) is 7.48.